The van der Waals surface area contributed by atoms with Gasteiger partial charge in [0.1, 0.15) is 0 Å². The maximum Gasteiger partial charge on any atom is 0.0745 e. The molecule has 1 spiro atoms. The van der Waals surface area contributed by atoms with Gasteiger partial charge in [-0.1, -0.05) is 151 Å². The molecule has 1 nitrogen and oxygen atoms in total. The number of hydrogen-bond acceptors (Lipinski definition) is 2. The Bertz CT molecular complexity index is 2810. The van der Waals surface area contributed by atoms with Gasteiger partial charge < -0.3 is 4.57 Å². The predicted molar refractivity (Wildman–Crippen MR) is 218 cm³/mol. The van der Waals surface area contributed by atoms with Crippen molar-refractivity contribution in [1.82, 2.24) is 4.57 Å². The Morgan fingerprint density at radius 1 is 0.327 bits per heavy atom. The molecule has 11 rings (SSSR count). The van der Waals surface area contributed by atoms with E-state index >= 15 is 0 Å². The topological polar surface area (TPSA) is 4.93 Å². The van der Waals surface area contributed by atoms with Crippen LogP contribution in [0.15, 0.2) is 208 Å². The molecule has 0 saturated heterocycles. The fourth-order valence-corrected chi connectivity index (χ4v) is 11.0. The van der Waals surface area contributed by atoms with Gasteiger partial charge in [0.05, 0.1) is 16.4 Å². The Morgan fingerprint density at radius 3 is 1.48 bits per heavy atom. The SMILES string of the molecule is c1ccc(-c2ccc3c(c2)C2(c4ccccc4S3)c3ccccc3Sc3ccc(-c4ccc5c6ccccc6n(-c6ccccc6)c5c4)cc32)cc1. The molecule has 0 bridgehead atoms. The van der Waals surface area contributed by atoms with Gasteiger partial charge >= 0.3 is 0 Å². The lowest BCUT2D eigenvalue weighted by Gasteiger charge is -2.46. The molecule has 3 heteroatoms. The molecule has 8 aromatic carbocycles. The number of nitrogens with zero attached hydrogens (tertiary/aromatic N) is 1. The van der Waals surface area contributed by atoms with Crippen molar-refractivity contribution in [3.63, 3.8) is 0 Å². The van der Waals surface area contributed by atoms with Gasteiger partial charge in [-0.15, -0.1) is 0 Å². The summed E-state index contributed by atoms with van der Waals surface area (Å²) in [5, 5.41) is 2.54. The molecule has 1 aromatic heterocycles. The third-order valence-corrected chi connectivity index (χ3v) is 13.2. The lowest BCUT2D eigenvalue weighted by Crippen LogP contribution is -2.36. The van der Waals surface area contributed by atoms with E-state index in [-0.39, 0.29) is 0 Å². The molecule has 9 aromatic rings. The predicted octanol–water partition coefficient (Wildman–Crippen LogP) is 13.4. The molecule has 0 aliphatic carbocycles. The van der Waals surface area contributed by atoms with Gasteiger partial charge in [-0.2, -0.15) is 0 Å². The van der Waals surface area contributed by atoms with Gasteiger partial charge in [-0.3, -0.25) is 0 Å². The zero-order chi connectivity index (χ0) is 34.2. The molecule has 1 unspecified atom stereocenters. The van der Waals surface area contributed by atoms with Gasteiger partial charge in [-0.05, 0) is 105 Å². The van der Waals surface area contributed by atoms with E-state index in [1.807, 2.05) is 23.5 Å². The van der Waals surface area contributed by atoms with Crippen LogP contribution in [0.2, 0.25) is 0 Å². The second-order valence-corrected chi connectivity index (χ2v) is 15.8. The lowest BCUT2D eigenvalue weighted by atomic mass is 9.64. The highest BCUT2D eigenvalue weighted by Gasteiger charge is 2.49. The number of fused-ring (bicyclic) bond motifs is 11. The van der Waals surface area contributed by atoms with E-state index < -0.39 is 5.41 Å². The van der Waals surface area contributed by atoms with Crippen LogP contribution in [0.1, 0.15) is 22.3 Å². The van der Waals surface area contributed by atoms with E-state index in [4.69, 9.17) is 0 Å². The van der Waals surface area contributed by atoms with E-state index in [0.717, 1.165) is 0 Å². The molecule has 0 radical (unpaired) electrons. The Morgan fingerprint density at radius 2 is 0.808 bits per heavy atom. The van der Waals surface area contributed by atoms with Crippen LogP contribution in [-0.2, 0) is 5.41 Å². The van der Waals surface area contributed by atoms with Crippen molar-refractivity contribution in [2.45, 2.75) is 25.0 Å². The third-order valence-electron chi connectivity index (χ3n) is 10.9. The Balaban J connectivity index is 1.19. The summed E-state index contributed by atoms with van der Waals surface area (Å²) in [6.07, 6.45) is 0. The van der Waals surface area contributed by atoms with E-state index in [0.29, 0.717) is 0 Å². The number of para-hydroxylation sites is 2. The fourth-order valence-electron chi connectivity index (χ4n) is 8.66. The zero-order valence-electron chi connectivity index (χ0n) is 28.2. The van der Waals surface area contributed by atoms with Crippen molar-refractivity contribution >= 4 is 45.3 Å². The molecule has 52 heavy (non-hydrogen) atoms. The van der Waals surface area contributed by atoms with Crippen LogP contribution in [0.4, 0.5) is 0 Å². The van der Waals surface area contributed by atoms with Gasteiger partial charge in [0.2, 0.25) is 0 Å². The van der Waals surface area contributed by atoms with Crippen molar-refractivity contribution in [3.8, 4) is 27.9 Å². The highest BCUT2D eigenvalue weighted by atomic mass is 32.2. The molecule has 2 aliphatic rings. The van der Waals surface area contributed by atoms with E-state index in [1.165, 1.54) is 91.6 Å². The monoisotopic (exact) mass is 697 g/mol. The van der Waals surface area contributed by atoms with Crippen molar-refractivity contribution in [2.24, 2.45) is 0 Å². The fraction of sp³-hybridized carbons (Fsp3) is 0.0204. The van der Waals surface area contributed by atoms with Crippen molar-refractivity contribution in [3.05, 3.63) is 210 Å². The Hall–Kier alpha value is -5.74. The summed E-state index contributed by atoms with van der Waals surface area (Å²) in [6, 6.07) is 69.8. The van der Waals surface area contributed by atoms with E-state index in [1.54, 1.807) is 0 Å². The maximum atomic E-state index is 2.50. The summed E-state index contributed by atoms with van der Waals surface area (Å²) in [4.78, 5) is 5.24. The molecule has 244 valence electrons. The number of benzene rings is 8. The first-order chi connectivity index (χ1) is 25.8. The summed E-state index contributed by atoms with van der Waals surface area (Å²) in [5.41, 5.74) is 13.4. The molecule has 0 saturated carbocycles. The van der Waals surface area contributed by atoms with E-state index in [9.17, 15) is 0 Å². The summed E-state index contributed by atoms with van der Waals surface area (Å²) >= 11 is 3.80. The zero-order valence-corrected chi connectivity index (χ0v) is 29.8. The average Bonchev–Trinajstić information content (AvgIpc) is 3.55. The minimum absolute atomic E-state index is 0.488. The van der Waals surface area contributed by atoms with Crippen LogP contribution < -0.4 is 0 Å². The summed E-state index contributed by atoms with van der Waals surface area (Å²) in [6.45, 7) is 0. The first-order valence-corrected chi connectivity index (χ1v) is 19.4. The van der Waals surface area contributed by atoms with Crippen LogP contribution >= 0.6 is 23.5 Å². The average molecular weight is 698 g/mol. The molecule has 0 amide bonds. The Labute approximate surface area is 311 Å². The molecule has 2 aliphatic heterocycles. The second kappa shape index (κ2) is 11.6. The van der Waals surface area contributed by atoms with E-state index in [2.05, 4.69) is 193 Å². The summed E-state index contributed by atoms with van der Waals surface area (Å²) in [5.74, 6) is 0. The largest absolute Gasteiger partial charge is 0.309 e. The van der Waals surface area contributed by atoms with Gasteiger partial charge in [0.25, 0.3) is 0 Å². The van der Waals surface area contributed by atoms with Gasteiger partial charge in [0.15, 0.2) is 0 Å². The number of hydrogen-bond donors (Lipinski definition) is 0. The highest BCUT2D eigenvalue weighted by molar-refractivity contribution is 8.00. The standard InChI is InChI=1S/C49H31NS2/c1-3-13-32(14-4-1)33-24-27-47-41(29-33)49(39-18-8-11-21-45(39)51-47)40-19-9-12-22-46(40)52-48-28-25-34(30-42(48)49)35-23-26-38-37-17-7-10-20-43(37)50(44(38)31-35)36-15-5-2-6-16-36/h1-31H. The number of rotatable bonds is 3. The number of aromatic nitrogens is 1. The van der Waals surface area contributed by atoms with Crippen LogP contribution in [0.25, 0.3) is 49.7 Å². The van der Waals surface area contributed by atoms with Crippen LogP contribution in [0.5, 0.6) is 0 Å². The molecule has 0 N–H and O–H groups in total. The molecular weight excluding hydrogens is 667 g/mol. The molecule has 0 fully saturated rings. The summed E-state index contributed by atoms with van der Waals surface area (Å²) < 4.78 is 2.41. The Kier molecular flexibility index (Phi) is 6.70. The van der Waals surface area contributed by atoms with Gasteiger partial charge in [0, 0.05) is 36.0 Å². The van der Waals surface area contributed by atoms with Crippen LogP contribution in [0.3, 0.4) is 0 Å². The third kappa shape index (κ3) is 4.33. The van der Waals surface area contributed by atoms with Crippen LogP contribution in [-0.4, -0.2) is 4.57 Å². The molecular formula is C49H31NS2. The first kappa shape index (κ1) is 29.9. The molecule has 1 atom stereocenters. The smallest absolute Gasteiger partial charge is 0.0745 e. The second-order valence-electron chi connectivity index (χ2n) is 13.7. The highest BCUT2D eigenvalue weighted by Crippen LogP contribution is 2.62. The van der Waals surface area contributed by atoms with Gasteiger partial charge in [-0.25, -0.2) is 0 Å². The van der Waals surface area contributed by atoms with Crippen molar-refractivity contribution < 1.29 is 0 Å². The quantitative estimate of drug-likeness (QED) is 0.181. The first-order valence-electron chi connectivity index (χ1n) is 17.8. The normalized spacial score (nSPS) is 15.6. The minimum atomic E-state index is -0.488. The minimum Gasteiger partial charge on any atom is -0.309 e. The summed E-state index contributed by atoms with van der Waals surface area (Å²) in [7, 11) is 0. The lowest BCUT2D eigenvalue weighted by molar-refractivity contribution is 0.668. The molecule has 3 heterocycles. The maximum absolute atomic E-state index is 2.50. The van der Waals surface area contributed by atoms with Crippen molar-refractivity contribution in [1.29, 1.82) is 0 Å². The van der Waals surface area contributed by atoms with Crippen LogP contribution in [0, 0.1) is 0 Å². The van der Waals surface area contributed by atoms with Crippen molar-refractivity contribution in [2.75, 3.05) is 0 Å².